The van der Waals surface area contributed by atoms with E-state index >= 15 is 0 Å². The van der Waals surface area contributed by atoms with Crippen LogP contribution in [-0.4, -0.2) is 28.9 Å². The third-order valence-corrected chi connectivity index (χ3v) is 12.7. The zero-order chi connectivity index (χ0) is 26.2. The molecule has 2 aliphatic rings. The van der Waals surface area contributed by atoms with E-state index in [0.29, 0.717) is 23.4 Å². The van der Waals surface area contributed by atoms with E-state index < -0.39 is 19.9 Å². The predicted octanol–water partition coefficient (Wildman–Crippen LogP) is 5.03. The lowest BCUT2D eigenvalue weighted by molar-refractivity contribution is -0.172. The number of aryl methyl sites for hydroxylation is 1. The molecule has 0 saturated heterocycles. The molecule has 1 N–H and O–H groups in total. The molecule has 3 aromatic rings. The number of aromatic nitrogens is 2. The normalized spacial score (nSPS) is 19.1. The van der Waals surface area contributed by atoms with Crippen LogP contribution in [0.4, 0.5) is 0 Å². The summed E-state index contributed by atoms with van der Waals surface area (Å²) in [5.41, 5.74) is 2.93. The van der Waals surface area contributed by atoms with Crippen molar-refractivity contribution in [1.29, 1.82) is 0 Å². The minimum atomic E-state index is -2.01. The van der Waals surface area contributed by atoms with Crippen LogP contribution in [0.1, 0.15) is 63.3 Å². The highest BCUT2D eigenvalue weighted by molar-refractivity contribution is 6.74. The maximum atomic E-state index is 13.5. The van der Waals surface area contributed by atoms with Gasteiger partial charge in [-0.25, -0.2) is 9.78 Å². The molecule has 0 bridgehead atoms. The van der Waals surface area contributed by atoms with Gasteiger partial charge in [-0.3, -0.25) is 4.79 Å². The first kappa shape index (κ1) is 24.7. The molecule has 2 aliphatic heterocycles. The summed E-state index contributed by atoms with van der Waals surface area (Å²) in [7, 11) is -2.01. The van der Waals surface area contributed by atoms with Crippen molar-refractivity contribution in [2.24, 2.45) is 0 Å². The van der Waals surface area contributed by atoms with Crippen LogP contribution < -0.4 is 9.99 Å². The molecule has 0 fully saturated rings. The number of rotatable bonds is 4. The molecule has 7 nitrogen and oxygen atoms in total. The van der Waals surface area contributed by atoms with Gasteiger partial charge >= 0.3 is 5.97 Å². The summed E-state index contributed by atoms with van der Waals surface area (Å²) in [4.78, 5) is 30.9. The maximum Gasteiger partial charge on any atom is 0.343 e. The molecule has 1 aromatic carbocycles. The molecule has 0 unspecified atom stereocenters. The van der Waals surface area contributed by atoms with Gasteiger partial charge in [-0.2, -0.15) is 0 Å². The number of nitrogens with zero attached hydrogens (tertiary/aromatic N) is 2. The van der Waals surface area contributed by atoms with Gasteiger partial charge in [0, 0.05) is 16.5 Å². The first-order chi connectivity index (χ1) is 16.8. The predicted molar refractivity (Wildman–Crippen MR) is 142 cm³/mol. The number of benzene rings is 1. The summed E-state index contributed by atoms with van der Waals surface area (Å²) in [6, 6.07) is 7.80. The van der Waals surface area contributed by atoms with Gasteiger partial charge < -0.3 is 18.8 Å². The Balaban J connectivity index is 1.69. The van der Waals surface area contributed by atoms with Gasteiger partial charge in [-0.15, -0.1) is 0 Å². The Morgan fingerprint density at radius 3 is 2.53 bits per heavy atom. The van der Waals surface area contributed by atoms with Crippen molar-refractivity contribution in [2.45, 2.75) is 84.3 Å². The number of ether oxygens (including phenoxy) is 1. The van der Waals surface area contributed by atoms with Crippen LogP contribution in [0.25, 0.3) is 22.3 Å². The topological polar surface area (TPSA) is 90.6 Å². The molecule has 0 aliphatic carbocycles. The largest absolute Gasteiger partial charge is 0.543 e. The molecule has 4 heterocycles. The van der Waals surface area contributed by atoms with Crippen molar-refractivity contribution in [1.82, 2.24) is 9.55 Å². The third kappa shape index (κ3) is 3.45. The van der Waals surface area contributed by atoms with Gasteiger partial charge in [0.15, 0.2) is 5.60 Å². The van der Waals surface area contributed by atoms with Crippen LogP contribution in [-0.2, 0) is 34.7 Å². The second-order valence-corrected chi connectivity index (χ2v) is 16.1. The zero-order valence-corrected chi connectivity index (χ0v) is 23.1. The number of fused-ring (bicyclic) bond motifs is 5. The maximum absolute atomic E-state index is 13.5. The van der Waals surface area contributed by atoms with E-state index in [9.17, 15) is 14.7 Å². The molecular weight excluding hydrogens is 472 g/mol. The van der Waals surface area contributed by atoms with E-state index in [2.05, 4.69) is 46.9 Å². The van der Waals surface area contributed by atoms with Gasteiger partial charge in [-0.05, 0) is 60.8 Å². The molecule has 2 aromatic heterocycles. The third-order valence-electron chi connectivity index (χ3n) is 8.31. The number of carbonyl (C=O) groups is 1. The summed E-state index contributed by atoms with van der Waals surface area (Å²) >= 11 is 0. The van der Waals surface area contributed by atoms with Crippen LogP contribution in [0.15, 0.2) is 29.1 Å². The minimum absolute atomic E-state index is 0.0825. The quantitative estimate of drug-likeness (QED) is 0.309. The lowest BCUT2D eigenvalue weighted by Crippen LogP contribution is -2.44. The first-order valence-corrected chi connectivity index (χ1v) is 15.5. The van der Waals surface area contributed by atoms with Gasteiger partial charge in [0.05, 0.1) is 29.0 Å². The van der Waals surface area contributed by atoms with Crippen LogP contribution in [0.2, 0.25) is 18.1 Å². The number of hydrogen-bond donors (Lipinski definition) is 1. The van der Waals surface area contributed by atoms with Crippen molar-refractivity contribution in [3.05, 3.63) is 56.9 Å². The van der Waals surface area contributed by atoms with Crippen LogP contribution in [0.3, 0.4) is 0 Å². The molecule has 0 spiro atoms. The fourth-order valence-corrected chi connectivity index (χ4v) is 6.08. The Morgan fingerprint density at radius 2 is 1.89 bits per heavy atom. The highest BCUT2D eigenvalue weighted by Gasteiger charge is 2.45. The number of pyridine rings is 2. The van der Waals surface area contributed by atoms with E-state index in [0.717, 1.165) is 39.9 Å². The van der Waals surface area contributed by atoms with Crippen molar-refractivity contribution < 1.29 is 19.1 Å². The minimum Gasteiger partial charge on any atom is -0.543 e. The number of esters is 1. The fourth-order valence-electron chi connectivity index (χ4n) is 5.06. The second kappa shape index (κ2) is 8.01. The van der Waals surface area contributed by atoms with Gasteiger partial charge in [0.25, 0.3) is 5.56 Å². The smallest absolute Gasteiger partial charge is 0.343 e. The van der Waals surface area contributed by atoms with Crippen LogP contribution in [0.5, 0.6) is 5.75 Å². The molecule has 190 valence electrons. The van der Waals surface area contributed by atoms with Crippen molar-refractivity contribution in [3.8, 4) is 17.1 Å². The van der Waals surface area contributed by atoms with E-state index in [1.165, 1.54) is 0 Å². The van der Waals surface area contributed by atoms with E-state index in [1.54, 1.807) is 17.6 Å². The molecular formula is C28H34N2O5Si. The van der Waals surface area contributed by atoms with Gasteiger partial charge in [0.2, 0.25) is 8.32 Å². The molecule has 0 radical (unpaired) electrons. The van der Waals surface area contributed by atoms with Crippen molar-refractivity contribution in [3.63, 3.8) is 0 Å². The van der Waals surface area contributed by atoms with E-state index in [-0.39, 0.29) is 23.6 Å². The second-order valence-electron chi connectivity index (χ2n) is 11.4. The molecule has 8 heteroatoms. The van der Waals surface area contributed by atoms with Crippen molar-refractivity contribution in [2.75, 3.05) is 0 Å². The molecule has 0 amide bonds. The average molecular weight is 507 g/mol. The highest BCUT2D eigenvalue weighted by Crippen LogP contribution is 2.42. The number of hydrogen-bond acceptors (Lipinski definition) is 6. The Bertz CT molecular complexity index is 1480. The summed E-state index contributed by atoms with van der Waals surface area (Å²) in [5, 5.41) is 12.2. The summed E-state index contributed by atoms with van der Waals surface area (Å²) in [6.45, 7) is 15.2. The fraction of sp³-hybridized carbons (Fsp3) is 0.464. The number of aliphatic hydroxyl groups is 1. The summed E-state index contributed by atoms with van der Waals surface area (Å²) < 4.78 is 13.4. The van der Waals surface area contributed by atoms with Gasteiger partial charge in [-0.1, -0.05) is 34.6 Å². The van der Waals surface area contributed by atoms with E-state index in [4.69, 9.17) is 14.1 Å². The lowest BCUT2D eigenvalue weighted by Gasteiger charge is -2.36. The number of cyclic esters (lactones) is 1. The Hall–Kier alpha value is -2.97. The summed E-state index contributed by atoms with van der Waals surface area (Å²) in [5.74, 6) is 0.132. The molecule has 0 saturated carbocycles. The van der Waals surface area contributed by atoms with Gasteiger partial charge in [0.1, 0.15) is 12.4 Å². The summed E-state index contributed by atoms with van der Waals surface area (Å²) in [6.07, 6.45) is 0.894. The zero-order valence-electron chi connectivity index (χ0n) is 22.1. The number of carbonyl (C=O) groups excluding carboxylic acids is 1. The SMILES string of the molecule is CCc1c2c(nc3ccc(O[Si](C)(C)C(C)(C)C)cc13)-c1cc3c(c(=O)n1C2)COC(=O)[C@@]3(O)CC. The molecule has 5 rings (SSSR count). The monoisotopic (exact) mass is 506 g/mol. The molecule has 36 heavy (non-hydrogen) atoms. The van der Waals surface area contributed by atoms with Crippen LogP contribution >= 0.6 is 0 Å². The Labute approximate surface area is 212 Å². The van der Waals surface area contributed by atoms with E-state index in [1.807, 2.05) is 12.1 Å². The Morgan fingerprint density at radius 1 is 1.17 bits per heavy atom. The van der Waals surface area contributed by atoms with Crippen molar-refractivity contribution >= 4 is 25.2 Å². The first-order valence-electron chi connectivity index (χ1n) is 12.6. The molecule has 1 atom stereocenters. The standard InChI is InChI=1S/C28H34N2O5Si/c1-8-17-18-12-16(35-36(6,7)27(3,4)5)10-11-22(18)29-24-19(17)14-30-23(24)13-21-20(25(30)31)15-34-26(32)28(21,33)9-2/h10-13,33H,8-9,14-15H2,1-7H3/t28-/m1/s1. The Kier molecular flexibility index (Phi) is 5.50. The van der Waals surface area contributed by atoms with Crippen LogP contribution in [0, 0.1) is 0 Å². The average Bonchev–Trinajstić information content (AvgIpc) is 3.18. The highest BCUT2D eigenvalue weighted by atomic mass is 28.4. The lowest BCUT2D eigenvalue weighted by atomic mass is 9.86.